The van der Waals surface area contributed by atoms with E-state index in [1.54, 1.807) is 18.6 Å². The zero-order valence-electron chi connectivity index (χ0n) is 13.3. The lowest BCUT2D eigenvalue weighted by atomic mass is 10.1. The lowest BCUT2D eigenvalue weighted by Gasteiger charge is -2.28. The maximum Gasteiger partial charge on any atom is 0.162 e. The summed E-state index contributed by atoms with van der Waals surface area (Å²) < 4.78 is 0. The second kappa shape index (κ2) is 6.72. The van der Waals surface area contributed by atoms with Crippen LogP contribution in [-0.2, 0) is 0 Å². The van der Waals surface area contributed by atoms with Crippen molar-refractivity contribution >= 4 is 5.82 Å². The van der Waals surface area contributed by atoms with Crippen LogP contribution in [0.1, 0.15) is 0 Å². The second-order valence-corrected chi connectivity index (χ2v) is 5.65. The van der Waals surface area contributed by atoms with Gasteiger partial charge in [0.05, 0.1) is 5.69 Å². The second-order valence-electron chi connectivity index (χ2n) is 5.65. The van der Waals surface area contributed by atoms with Crippen molar-refractivity contribution in [1.29, 1.82) is 0 Å². The largest absolute Gasteiger partial charge is 0.354 e. The van der Waals surface area contributed by atoms with Gasteiger partial charge in [0.15, 0.2) is 5.82 Å². The molecule has 1 saturated heterocycles. The average Bonchev–Trinajstić information content (AvgIpc) is 2.70. The van der Waals surface area contributed by atoms with Gasteiger partial charge in [-0.1, -0.05) is 0 Å². The van der Waals surface area contributed by atoms with Crippen molar-refractivity contribution < 1.29 is 0 Å². The van der Waals surface area contributed by atoms with Crippen LogP contribution in [0.2, 0.25) is 0 Å². The van der Waals surface area contributed by atoms with Crippen LogP contribution in [0.25, 0.3) is 22.6 Å². The van der Waals surface area contributed by atoms with Gasteiger partial charge in [0.1, 0.15) is 5.82 Å². The van der Waals surface area contributed by atoms with E-state index < -0.39 is 0 Å². The van der Waals surface area contributed by atoms with E-state index in [1.165, 1.54) is 0 Å². The number of rotatable bonds is 3. The first-order valence-corrected chi connectivity index (χ1v) is 8.06. The molecule has 1 aliphatic heterocycles. The summed E-state index contributed by atoms with van der Waals surface area (Å²) in [4.78, 5) is 20.1. The van der Waals surface area contributed by atoms with E-state index in [0.717, 1.165) is 48.8 Å². The monoisotopic (exact) mass is 318 g/mol. The standard InChI is InChI=1S/C18H18N6/c1-2-15(13-21-5-1)16-12-17(24-10-8-20-9-11-24)23-18(22-16)14-3-6-19-7-4-14/h1-7,12-13,20H,8-11H2. The highest BCUT2D eigenvalue weighted by Crippen LogP contribution is 2.25. The van der Waals surface area contributed by atoms with Crippen LogP contribution in [-0.4, -0.2) is 46.1 Å². The Kier molecular flexibility index (Phi) is 4.12. The van der Waals surface area contributed by atoms with E-state index in [-0.39, 0.29) is 0 Å². The quantitative estimate of drug-likeness (QED) is 0.797. The van der Waals surface area contributed by atoms with Crippen molar-refractivity contribution in [2.45, 2.75) is 0 Å². The Bertz CT molecular complexity index is 743. The Hall–Kier alpha value is -2.86. The Morgan fingerprint density at radius 1 is 0.875 bits per heavy atom. The fourth-order valence-corrected chi connectivity index (χ4v) is 2.78. The topological polar surface area (TPSA) is 66.8 Å². The predicted octanol–water partition coefficient (Wildman–Crippen LogP) is 2.01. The van der Waals surface area contributed by atoms with Crippen LogP contribution >= 0.6 is 0 Å². The third-order valence-electron chi connectivity index (χ3n) is 4.05. The van der Waals surface area contributed by atoms with Crippen molar-refractivity contribution in [3.63, 3.8) is 0 Å². The van der Waals surface area contributed by atoms with Crippen LogP contribution in [0, 0.1) is 0 Å². The molecule has 3 aromatic rings. The molecule has 0 bridgehead atoms. The van der Waals surface area contributed by atoms with Gasteiger partial charge in [0, 0.05) is 68.2 Å². The summed E-state index contributed by atoms with van der Waals surface area (Å²) in [6.07, 6.45) is 7.13. The van der Waals surface area contributed by atoms with Gasteiger partial charge in [0.2, 0.25) is 0 Å². The van der Waals surface area contributed by atoms with Gasteiger partial charge in [-0.05, 0) is 24.3 Å². The molecular weight excluding hydrogens is 300 g/mol. The first kappa shape index (κ1) is 14.7. The van der Waals surface area contributed by atoms with E-state index in [4.69, 9.17) is 9.97 Å². The number of nitrogens with zero attached hydrogens (tertiary/aromatic N) is 5. The van der Waals surface area contributed by atoms with Crippen LogP contribution < -0.4 is 10.2 Å². The zero-order chi connectivity index (χ0) is 16.2. The number of nitrogens with one attached hydrogen (secondary N) is 1. The number of anilines is 1. The summed E-state index contributed by atoms with van der Waals surface area (Å²) in [5, 5.41) is 3.37. The van der Waals surface area contributed by atoms with Gasteiger partial charge < -0.3 is 10.2 Å². The number of pyridine rings is 2. The molecule has 120 valence electrons. The Morgan fingerprint density at radius 2 is 1.71 bits per heavy atom. The highest BCUT2D eigenvalue weighted by Gasteiger charge is 2.15. The molecule has 0 spiro atoms. The predicted molar refractivity (Wildman–Crippen MR) is 93.6 cm³/mol. The molecule has 0 aliphatic carbocycles. The average molecular weight is 318 g/mol. The van der Waals surface area contributed by atoms with Crippen molar-refractivity contribution in [2.24, 2.45) is 0 Å². The summed E-state index contributed by atoms with van der Waals surface area (Å²) in [5.41, 5.74) is 2.84. The van der Waals surface area contributed by atoms with Crippen LogP contribution in [0.4, 0.5) is 5.82 Å². The third kappa shape index (κ3) is 3.09. The molecular formula is C18H18N6. The minimum Gasteiger partial charge on any atom is -0.354 e. The molecule has 1 N–H and O–H groups in total. The normalized spacial score (nSPS) is 14.6. The molecule has 0 amide bonds. The minimum absolute atomic E-state index is 0.715. The van der Waals surface area contributed by atoms with Gasteiger partial charge >= 0.3 is 0 Å². The summed E-state index contributed by atoms with van der Waals surface area (Å²) in [5.74, 6) is 1.67. The smallest absolute Gasteiger partial charge is 0.162 e. The number of hydrogen-bond acceptors (Lipinski definition) is 6. The maximum absolute atomic E-state index is 4.79. The molecule has 0 unspecified atom stereocenters. The van der Waals surface area contributed by atoms with E-state index in [9.17, 15) is 0 Å². The van der Waals surface area contributed by atoms with Crippen LogP contribution in [0.5, 0.6) is 0 Å². The van der Waals surface area contributed by atoms with E-state index in [2.05, 4.69) is 20.2 Å². The molecule has 0 saturated carbocycles. The number of hydrogen-bond donors (Lipinski definition) is 1. The van der Waals surface area contributed by atoms with Gasteiger partial charge in [-0.2, -0.15) is 0 Å². The molecule has 0 radical (unpaired) electrons. The summed E-state index contributed by atoms with van der Waals surface area (Å²) >= 11 is 0. The molecule has 4 heterocycles. The van der Waals surface area contributed by atoms with Crippen molar-refractivity contribution in [3.8, 4) is 22.6 Å². The lowest BCUT2D eigenvalue weighted by molar-refractivity contribution is 0.585. The number of aromatic nitrogens is 4. The Morgan fingerprint density at radius 3 is 2.46 bits per heavy atom. The molecule has 6 nitrogen and oxygen atoms in total. The summed E-state index contributed by atoms with van der Waals surface area (Å²) in [6, 6.07) is 9.86. The molecule has 1 aliphatic rings. The highest BCUT2D eigenvalue weighted by atomic mass is 15.2. The highest BCUT2D eigenvalue weighted by molar-refractivity contribution is 5.67. The molecule has 0 aromatic carbocycles. The fourth-order valence-electron chi connectivity index (χ4n) is 2.78. The number of piperazine rings is 1. The van der Waals surface area contributed by atoms with Gasteiger partial charge in [-0.3, -0.25) is 9.97 Å². The van der Waals surface area contributed by atoms with Crippen molar-refractivity contribution in [3.05, 3.63) is 55.1 Å². The SMILES string of the molecule is c1cncc(-c2cc(N3CCNCC3)nc(-c3ccncc3)n2)c1. The molecule has 6 heteroatoms. The zero-order valence-corrected chi connectivity index (χ0v) is 13.3. The van der Waals surface area contributed by atoms with E-state index in [1.807, 2.05) is 36.5 Å². The molecule has 0 atom stereocenters. The van der Waals surface area contributed by atoms with Crippen LogP contribution in [0.3, 0.4) is 0 Å². The van der Waals surface area contributed by atoms with Gasteiger partial charge in [-0.15, -0.1) is 0 Å². The fraction of sp³-hybridized carbons (Fsp3) is 0.222. The van der Waals surface area contributed by atoms with Crippen molar-refractivity contribution in [1.82, 2.24) is 25.3 Å². The van der Waals surface area contributed by atoms with Crippen LogP contribution in [0.15, 0.2) is 55.1 Å². The molecule has 3 aromatic heterocycles. The third-order valence-corrected chi connectivity index (χ3v) is 4.05. The minimum atomic E-state index is 0.715. The van der Waals surface area contributed by atoms with Gasteiger partial charge in [-0.25, -0.2) is 9.97 Å². The molecule has 1 fully saturated rings. The Balaban J connectivity index is 1.81. The van der Waals surface area contributed by atoms with E-state index in [0.29, 0.717) is 5.82 Å². The molecule has 4 rings (SSSR count). The first-order chi connectivity index (χ1) is 11.9. The lowest BCUT2D eigenvalue weighted by Crippen LogP contribution is -2.44. The molecule has 24 heavy (non-hydrogen) atoms. The summed E-state index contributed by atoms with van der Waals surface area (Å²) in [7, 11) is 0. The maximum atomic E-state index is 4.79. The Labute approximate surface area is 140 Å². The van der Waals surface area contributed by atoms with Gasteiger partial charge in [0.25, 0.3) is 0 Å². The van der Waals surface area contributed by atoms with Crippen molar-refractivity contribution in [2.75, 3.05) is 31.1 Å². The van der Waals surface area contributed by atoms with E-state index >= 15 is 0 Å². The summed E-state index contributed by atoms with van der Waals surface area (Å²) in [6.45, 7) is 3.83. The first-order valence-electron chi connectivity index (χ1n) is 8.06.